The highest BCUT2D eigenvalue weighted by Crippen LogP contribution is 2.25. The number of carboxylic acids is 1. The standard InChI is InChI=1S/C12H18O4/c1-3-5-6-7-15-10-8-16-11(12(13)14)9(10)4-2/h8H,3-7H2,1-2H3,(H,13,14). The Labute approximate surface area is 95.2 Å². The molecular weight excluding hydrogens is 208 g/mol. The average molecular weight is 226 g/mol. The van der Waals surface area contributed by atoms with Crippen molar-refractivity contribution in [1.29, 1.82) is 0 Å². The van der Waals surface area contributed by atoms with E-state index in [1.54, 1.807) is 0 Å². The molecule has 0 amide bonds. The lowest BCUT2D eigenvalue weighted by molar-refractivity contribution is 0.0661. The molecule has 16 heavy (non-hydrogen) atoms. The smallest absolute Gasteiger partial charge is 0.372 e. The van der Waals surface area contributed by atoms with Crippen molar-refractivity contribution in [2.45, 2.75) is 39.5 Å². The molecule has 0 saturated heterocycles. The molecule has 1 N–H and O–H groups in total. The molecule has 1 aromatic heterocycles. The van der Waals surface area contributed by atoms with E-state index in [1.807, 2.05) is 6.92 Å². The Morgan fingerprint density at radius 3 is 2.75 bits per heavy atom. The number of furan rings is 1. The van der Waals surface area contributed by atoms with Crippen molar-refractivity contribution >= 4 is 5.97 Å². The van der Waals surface area contributed by atoms with Gasteiger partial charge in [-0.2, -0.15) is 0 Å². The van der Waals surface area contributed by atoms with Gasteiger partial charge in [0.2, 0.25) is 5.76 Å². The lowest BCUT2D eigenvalue weighted by Gasteiger charge is -2.04. The summed E-state index contributed by atoms with van der Waals surface area (Å²) in [6.45, 7) is 4.62. The molecule has 1 rings (SSSR count). The molecule has 0 atom stereocenters. The second-order valence-corrected chi connectivity index (χ2v) is 3.62. The summed E-state index contributed by atoms with van der Waals surface area (Å²) in [5.74, 6) is -0.482. The van der Waals surface area contributed by atoms with Gasteiger partial charge in [0.25, 0.3) is 0 Å². The minimum atomic E-state index is -1.04. The highest BCUT2D eigenvalue weighted by Gasteiger charge is 2.18. The quantitative estimate of drug-likeness (QED) is 0.726. The van der Waals surface area contributed by atoms with Crippen LogP contribution in [0.5, 0.6) is 5.75 Å². The second kappa shape index (κ2) is 6.20. The lowest BCUT2D eigenvalue weighted by Crippen LogP contribution is -2.01. The van der Waals surface area contributed by atoms with Crippen LogP contribution < -0.4 is 4.74 Å². The maximum atomic E-state index is 10.8. The van der Waals surface area contributed by atoms with Crippen LogP contribution in [0.25, 0.3) is 0 Å². The SMILES string of the molecule is CCCCCOc1coc(C(=O)O)c1CC. The molecule has 0 unspecified atom stereocenters. The van der Waals surface area contributed by atoms with Gasteiger partial charge in [0, 0.05) is 5.56 Å². The van der Waals surface area contributed by atoms with Crippen molar-refractivity contribution in [2.75, 3.05) is 6.61 Å². The summed E-state index contributed by atoms with van der Waals surface area (Å²) in [4.78, 5) is 10.8. The van der Waals surface area contributed by atoms with E-state index < -0.39 is 5.97 Å². The monoisotopic (exact) mass is 226 g/mol. The zero-order chi connectivity index (χ0) is 12.0. The minimum absolute atomic E-state index is 0.00649. The van der Waals surface area contributed by atoms with Gasteiger partial charge in [-0.1, -0.05) is 26.7 Å². The maximum Gasteiger partial charge on any atom is 0.372 e. The molecule has 0 aromatic carbocycles. The van der Waals surface area contributed by atoms with Gasteiger partial charge in [0.05, 0.1) is 6.61 Å². The van der Waals surface area contributed by atoms with Gasteiger partial charge in [-0.15, -0.1) is 0 Å². The molecule has 1 aromatic rings. The Morgan fingerprint density at radius 2 is 2.19 bits per heavy atom. The number of rotatable bonds is 7. The van der Waals surface area contributed by atoms with Crippen LogP contribution >= 0.6 is 0 Å². The van der Waals surface area contributed by atoms with Crippen LogP contribution in [-0.2, 0) is 6.42 Å². The first-order valence-corrected chi connectivity index (χ1v) is 5.67. The number of hydrogen-bond donors (Lipinski definition) is 1. The van der Waals surface area contributed by atoms with Gasteiger partial charge >= 0.3 is 5.97 Å². The molecule has 0 spiro atoms. The fourth-order valence-corrected chi connectivity index (χ4v) is 1.54. The molecule has 90 valence electrons. The average Bonchev–Trinajstić information content (AvgIpc) is 2.67. The van der Waals surface area contributed by atoms with Crippen molar-refractivity contribution < 1.29 is 19.1 Å². The predicted octanol–water partition coefficient (Wildman–Crippen LogP) is 3.11. The van der Waals surface area contributed by atoms with E-state index in [0.29, 0.717) is 24.3 Å². The van der Waals surface area contributed by atoms with Crippen molar-refractivity contribution in [1.82, 2.24) is 0 Å². The number of aromatic carboxylic acids is 1. The molecule has 0 fully saturated rings. The number of ether oxygens (including phenoxy) is 1. The zero-order valence-corrected chi connectivity index (χ0v) is 9.78. The van der Waals surface area contributed by atoms with Gasteiger partial charge in [-0.05, 0) is 12.8 Å². The van der Waals surface area contributed by atoms with E-state index in [2.05, 4.69) is 6.92 Å². The van der Waals surface area contributed by atoms with Gasteiger partial charge in [-0.25, -0.2) is 4.79 Å². The van der Waals surface area contributed by atoms with Gasteiger partial charge < -0.3 is 14.3 Å². The molecular formula is C12H18O4. The number of carbonyl (C=O) groups is 1. The van der Waals surface area contributed by atoms with Crippen LogP contribution in [0.2, 0.25) is 0 Å². The van der Waals surface area contributed by atoms with Crippen molar-refractivity contribution in [3.63, 3.8) is 0 Å². The lowest BCUT2D eigenvalue weighted by atomic mass is 10.2. The molecule has 0 aliphatic carbocycles. The van der Waals surface area contributed by atoms with Crippen LogP contribution in [0.15, 0.2) is 10.7 Å². The van der Waals surface area contributed by atoms with Crippen LogP contribution in [0.3, 0.4) is 0 Å². The van der Waals surface area contributed by atoms with Crippen molar-refractivity contribution in [3.8, 4) is 5.75 Å². The fourth-order valence-electron chi connectivity index (χ4n) is 1.54. The summed E-state index contributed by atoms with van der Waals surface area (Å²) in [7, 11) is 0. The Bertz CT molecular complexity index is 341. The molecule has 4 nitrogen and oxygen atoms in total. The Balaban J connectivity index is 2.62. The van der Waals surface area contributed by atoms with Crippen LogP contribution in [0.4, 0.5) is 0 Å². The van der Waals surface area contributed by atoms with Crippen LogP contribution in [0, 0.1) is 0 Å². The number of hydrogen-bond acceptors (Lipinski definition) is 3. The summed E-state index contributed by atoms with van der Waals surface area (Å²) < 4.78 is 10.5. The third-order valence-electron chi connectivity index (χ3n) is 2.41. The molecule has 0 aliphatic heterocycles. The van der Waals surface area contributed by atoms with Crippen molar-refractivity contribution in [3.05, 3.63) is 17.6 Å². The summed E-state index contributed by atoms with van der Waals surface area (Å²) in [6.07, 6.45) is 5.21. The van der Waals surface area contributed by atoms with E-state index in [0.717, 1.165) is 19.3 Å². The molecule has 0 radical (unpaired) electrons. The van der Waals surface area contributed by atoms with E-state index in [-0.39, 0.29) is 5.76 Å². The first-order valence-electron chi connectivity index (χ1n) is 5.67. The molecule has 1 heterocycles. The highest BCUT2D eigenvalue weighted by molar-refractivity contribution is 5.87. The van der Waals surface area contributed by atoms with Crippen LogP contribution in [-0.4, -0.2) is 17.7 Å². The summed E-state index contributed by atoms with van der Waals surface area (Å²) in [5.41, 5.74) is 0.643. The minimum Gasteiger partial charge on any atom is -0.490 e. The van der Waals surface area contributed by atoms with E-state index in [1.165, 1.54) is 6.26 Å². The first-order chi connectivity index (χ1) is 7.70. The predicted molar refractivity (Wildman–Crippen MR) is 60.1 cm³/mol. The normalized spacial score (nSPS) is 10.4. The van der Waals surface area contributed by atoms with E-state index in [9.17, 15) is 4.79 Å². The summed E-state index contributed by atoms with van der Waals surface area (Å²) in [6, 6.07) is 0. The first kappa shape index (κ1) is 12.6. The van der Waals surface area contributed by atoms with Gasteiger partial charge in [0.1, 0.15) is 6.26 Å². The summed E-state index contributed by atoms with van der Waals surface area (Å²) >= 11 is 0. The van der Waals surface area contributed by atoms with Crippen molar-refractivity contribution in [2.24, 2.45) is 0 Å². The fraction of sp³-hybridized carbons (Fsp3) is 0.583. The molecule has 0 bridgehead atoms. The third-order valence-corrected chi connectivity index (χ3v) is 2.41. The van der Waals surface area contributed by atoms with E-state index in [4.69, 9.17) is 14.3 Å². The topological polar surface area (TPSA) is 59.7 Å². The zero-order valence-electron chi connectivity index (χ0n) is 9.78. The second-order valence-electron chi connectivity index (χ2n) is 3.62. The van der Waals surface area contributed by atoms with Crippen LogP contribution in [0.1, 0.15) is 49.2 Å². The highest BCUT2D eigenvalue weighted by atomic mass is 16.5. The molecule has 0 saturated carbocycles. The Hall–Kier alpha value is -1.45. The van der Waals surface area contributed by atoms with E-state index >= 15 is 0 Å². The Morgan fingerprint density at radius 1 is 1.44 bits per heavy atom. The molecule has 0 aliphatic rings. The summed E-state index contributed by atoms with van der Waals surface area (Å²) in [5, 5.41) is 8.87. The van der Waals surface area contributed by atoms with Gasteiger partial charge in [0.15, 0.2) is 5.75 Å². The maximum absolute atomic E-state index is 10.8. The molecule has 4 heteroatoms. The third kappa shape index (κ3) is 3.02. The number of unbranched alkanes of at least 4 members (excludes halogenated alkanes) is 2. The Kier molecular flexibility index (Phi) is 4.89. The largest absolute Gasteiger partial charge is 0.490 e. The van der Waals surface area contributed by atoms with Gasteiger partial charge in [-0.3, -0.25) is 0 Å². The number of carboxylic acid groups (broad SMARTS) is 1.